The van der Waals surface area contributed by atoms with Gasteiger partial charge in [0.05, 0.1) is 5.69 Å². The van der Waals surface area contributed by atoms with E-state index < -0.39 is 0 Å². The summed E-state index contributed by atoms with van der Waals surface area (Å²) < 4.78 is 0. The highest BCUT2D eigenvalue weighted by Gasteiger charge is 2.36. The second kappa shape index (κ2) is 4.75. The van der Waals surface area contributed by atoms with E-state index in [1.807, 2.05) is 12.3 Å². The van der Waals surface area contributed by atoms with Crippen LogP contribution >= 0.6 is 0 Å². The summed E-state index contributed by atoms with van der Waals surface area (Å²) in [6, 6.07) is 7.38. The van der Waals surface area contributed by atoms with Crippen molar-refractivity contribution in [2.45, 2.75) is 31.8 Å². The zero-order chi connectivity index (χ0) is 11.7. The van der Waals surface area contributed by atoms with E-state index in [1.54, 1.807) is 0 Å². The van der Waals surface area contributed by atoms with Crippen molar-refractivity contribution in [3.63, 3.8) is 0 Å². The highest BCUT2D eigenvalue weighted by molar-refractivity contribution is 5.09. The van der Waals surface area contributed by atoms with Crippen LogP contribution in [0, 0.1) is 5.92 Å². The molecule has 3 unspecified atom stereocenters. The Bertz CT molecular complexity index is 351. The molecular formula is C14H21N3. The zero-order valence-electron chi connectivity index (χ0n) is 10.5. The van der Waals surface area contributed by atoms with Crippen LogP contribution in [0.3, 0.4) is 0 Å². The second-order valence-electron chi connectivity index (χ2n) is 5.35. The molecule has 0 saturated carbocycles. The molecule has 17 heavy (non-hydrogen) atoms. The van der Waals surface area contributed by atoms with Gasteiger partial charge < -0.3 is 5.32 Å². The van der Waals surface area contributed by atoms with Crippen molar-refractivity contribution >= 4 is 0 Å². The van der Waals surface area contributed by atoms with Crippen LogP contribution < -0.4 is 5.32 Å². The van der Waals surface area contributed by atoms with Crippen molar-refractivity contribution in [3.8, 4) is 0 Å². The largest absolute Gasteiger partial charge is 0.312 e. The Kier molecular flexibility index (Phi) is 3.12. The average molecular weight is 231 g/mol. The Morgan fingerprint density at radius 2 is 2.35 bits per heavy atom. The molecule has 0 bridgehead atoms. The third kappa shape index (κ3) is 2.22. The number of rotatable bonds is 2. The fourth-order valence-corrected chi connectivity index (χ4v) is 3.21. The molecule has 2 saturated heterocycles. The second-order valence-corrected chi connectivity index (χ2v) is 5.35. The number of nitrogens with zero attached hydrogens (tertiary/aromatic N) is 2. The SMILES string of the molecule is CC(c1ccccn1)N1CC2CCCNC2C1. The Hall–Kier alpha value is -0.930. The lowest BCUT2D eigenvalue weighted by Gasteiger charge is -2.25. The molecule has 2 aliphatic heterocycles. The van der Waals surface area contributed by atoms with Gasteiger partial charge in [-0.3, -0.25) is 9.88 Å². The number of fused-ring (bicyclic) bond motifs is 1. The van der Waals surface area contributed by atoms with Crippen LogP contribution in [0.4, 0.5) is 0 Å². The molecule has 1 aromatic rings. The van der Waals surface area contributed by atoms with E-state index in [0.29, 0.717) is 6.04 Å². The minimum atomic E-state index is 0.448. The van der Waals surface area contributed by atoms with Gasteiger partial charge in [0.2, 0.25) is 0 Å². The Morgan fingerprint density at radius 3 is 3.12 bits per heavy atom. The summed E-state index contributed by atoms with van der Waals surface area (Å²) in [4.78, 5) is 7.06. The number of hydrogen-bond acceptors (Lipinski definition) is 3. The van der Waals surface area contributed by atoms with Crippen molar-refractivity contribution < 1.29 is 0 Å². The molecule has 3 heterocycles. The topological polar surface area (TPSA) is 28.2 Å². The summed E-state index contributed by atoms with van der Waals surface area (Å²) >= 11 is 0. The molecule has 2 aliphatic rings. The maximum Gasteiger partial charge on any atom is 0.0572 e. The van der Waals surface area contributed by atoms with Gasteiger partial charge in [-0.05, 0) is 44.4 Å². The standard InChI is InChI=1S/C14H21N3/c1-11(13-6-2-3-7-15-13)17-9-12-5-4-8-16-14(12)10-17/h2-3,6-7,11-12,14,16H,4-5,8-10H2,1H3. The fraction of sp³-hybridized carbons (Fsp3) is 0.643. The van der Waals surface area contributed by atoms with E-state index in [1.165, 1.54) is 38.2 Å². The van der Waals surface area contributed by atoms with E-state index in [9.17, 15) is 0 Å². The van der Waals surface area contributed by atoms with Crippen molar-refractivity contribution in [2.75, 3.05) is 19.6 Å². The van der Waals surface area contributed by atoms with Crippen LogP contribution in [-0.4, -0.2) is 35.6 Å². The van der Waals surface area contributed by atoms with Gasteiger partial charge in [-0.15, -0.1) is 0 Å². The molecular weight excluding hydrogens is 210 g/mol. The van der Waals surface area contributed by atoms with Crippen LogP contribution in [-0.2, 0) is 0 Å². The minimum absolute atomic E-state index is 0.448. The monoisotopic (exact) mass is 231 g/mol. The van der Waals surface area contributed by atoms with Gasteiger partial charge in [-0.25, -0.2) is 0 Å². The van der Waals surface area contributed by atoms with E-state index in [4.69, 9.17) is 0 Å². The van der Waals surface area contributed by atoms with Gasteiger partial charge in [0.15, 0.2) is 0 Å². The summed E-state index contributed by atoms with van der Waals surface area (Å²) in [6.07, 6.45) is 4.63. The molecule has 1 aromatic heterocycles. The molecule has 92 valence electrons. The summed E-state index contributed by atoms with van der Waals surface area (Å²) in [7, 11) is 0. The lowest BCUT2D eigenvalue weighted by atomic mass is 9.94. The maximum absolute atomic E-state index is 4.48. The summed E-state index contributed by atoms with van der Waals surface area (Å²) in [5.74, 6) is 0.856. The molecule has 0 radical (unpaired) electrons. The first-order chi connectivity index (χ1) is 8.34. The Labute approximate surface area is 103 Å². The third-order valence-electron chi connectivity index (χ3n) is 4.29. The van der Waals surface area contributed by atoms with Crippen LogP contribution in [0.2, 0.25) is 0 Å². The third-order valence-corrected chi connectivity index (χ3v) is 4.29. The normalized spacial score (nSPS) is 31.1. The molecule has 3 atom stereocenters. The molecule has 0 amide bonds. The zero-order valence-corrected chi connectivity index (χ0v) is 10.5. The van der Waals surface area contributed by atoms with Crippen LogP contribution in [0.15, 0.2) is 24.4 Å². The average Bonchev–Trinajstić information content (AvgIpc) is 2.82. The molecule has 3 rings (SSSR count). The van der Waals surface area contributed by atoms with E-state index in [0.717, 1.165) is 12.0 Å². The Balaban J connectivity index is 1.70. The number of piperidine rings is 1. The van der Waals surface area contributed by atoms with Crippen molar-refractivity contribution in [2.24, 2.45) is 5.92 Å². The van der Waals surface area contributed by atoms with Gasteiger partial charge in [0, 0.05) is 31.4 Å². The summed E-state index contributed by atoms with van der Waals surface area (Å²) in [5, 5.41) is 3.66. The van der Waals surface area contributed by atoms with Gasteiger partial charge in [0.25, 0.3) is 0 Å². The summed E-state index contributed by atoms with van der Waals surface area (Å²) in [6.45, 7) is 5.89. The van der Waals surface area contributed by atoms with Gasteiger partial charge >= 0.3 is 0 Å². The molecule has 0 aromatic carbocycles. The van der Waals surface area contributed by atoms with Gasteiger partial charge in [0.1, 0.15) is 0 Å². The highest BCUT2D eigenvalue weighted by Crippen LogP contribution is 2.30. The number of likely N-dealkylation sites (tertiary alicyclic amines) is 1. The molecule has 1 N–H and O–H groups in total. The molecule has 0 aliphatic carbocycles. The van der Waals surface area contributed by atoms with Crippen molar-refractivity contribution in [1.82, 2.24) is 15.2 Å². The van der Waals surface area contributed by atoms with Crippen molar-refractivity contribution in [1.29, 1.82) is 0 Å². The van der Waals surface area contributed by atoms with E-state index >= 15 is 0 Å². The Morgan fingerprint density at radius 1 is 1.41 bits per heavy atom. The smallest absolute Gasteiger partial charge is 0.0572 e. The first-order valence-electron chi connectivity index (χ1n) is 6.73. The van der Waals surface area contributed by atoms with Crippen molar-refractivity contribution in [3.05, 3.63) is 30.1 Å². The fourth-order valence-electron chi connectivity index (χ4n) is 3.21. The van der Waals surface area contributed by atoms with Gasteiger partial charge in [-0.1, -0.05) is 6.07 Å². The number of nitrogens with one attached hydrogen (secondary N) is 1. The number of aromatic nitrogens is 1. The number of hydrogen-bond donors (Lipinski definition) is 1. The van der Waals surface area contributed by atoms with Crippen LogP contribution in [0.1, 0.15) is 31.5 Å². The lowest BCUT2D eigenvalue weighted by molar-refractivity contribution is 0.246. The molecule has 3 nitrogen and oxygen atoms in total. The first kappa shape index (κ1) is 11.2. The van der Waals surface area contributed by atoms with E-state index in [2.05, 4.69) is 34.3 Å². The summed E-state index contributed by atoms with van der Waals surface area (Å²) in [5.41, 5.74) is 1.20. The first-order valence-corrected chi connectivity index (χ1v) is 6.73. The predicted molar refractivity (Wildman–Crippen MR) is 68.7 cm³/mol. The molecule has 2 fully saturated rings. The number of pyridine rings is 1. The quantitative estimate of drug-likeness (QED) is 0.841. The molecule has 3 heteroatoms. The minimum Gasteiger partial charge on any atom is -0.312 e. The van der Waals surface area contributed by atoms with Crippen LogP contribution in [0.25, 0.3) is 0 Å². The lowest BCUT2D eigenvalue weighted by Crippen LogP contribution is -2.40. The maximum atomic E-state index is 4.48. The van der Waals surface area contributed by atoms with Gasteiger partial charge in [-0.2, -0.15) is 0 Å². The molecule has 0 spiro atoms. The van der Waals surface area contributed by atoms with E-state index in [-0.39, 0.29) is 0 Å². The predicted octanol–water partition coefficient (Wildman–Crippen LogP) is 1.83. The van der Waals surface area contributed by atoms with Crippen LogP contribution in [0.5, 0.6) is 0 Å². The highest BCUT2D eigenvalue weighted by atomic mass is 15.2.